The van der Waals surface area contributed by atoms with E-state index in [-0.39, 0.29) is 0 Å². The first kappa shape index (κ1) is 12.8. The van der Waals surface area contributed by atoms with Crippen molar-refractivity contribution in [1.82, 2.24) is 9.62 Å². The topological polar surface area (TPSA) is 61.4 Å². The summed E-state index contributed by atoms with van der Waals surface area (Å²) in [6, 6.07) is 7.05. The van der Waals surface area contributed by atoms with Crippen molar-refractivity contribution in [2.24, 2.45) is 0 Å². The Morgan fingerprint density at radius 2 is 1.76 bits per heavy atom. The Hall–Kier alpha value is -0.630. The third-order valence-electron chi connectivity index (χ3n) is 2.51. The minimum absolute atomic E-state index is 0.506. The summed E-state index contributed by atoms with van der Waals surface area (Å²) >= 11 is 3.31. The van der Waals surface area contributed by atoms with Crippen molar-refractivity contribution in [1.29, 1.82) is 0 Å². The lowest BCUT2D eigenvalue weighted by atomic mass is 10.3. The van der Waals surface area contributed by atoms with Crippen LogP contribution in [0.3, 0.4) is 0 Å². The lowest BCUT2D eigenvalue weighted by molar-refractivity contribution is 0.362. The van der Waals surface area contributed by atoms with Crippen LogP contribution in [0.2, 0.25) is 0 Å². The zero-order valence-electron chi connectivity index (χ0n) is 9.19. The summed E-state index contributed by atoms with van der Waals surface area (Å²) in [5, 5.41) is 3.12. The maximum Gasteiger partial charge on any atom is 0.301 e. The van der Waals surface area contributed by atoms with E-state index >= 15 is 0 Å². The summed E-state index contributed by atoms with van der Waals surface area (Å²) in [5.74, 6) is 0. The first-order valence-electron chi connectivity index (χ1n) is 5.32. The molecular formula is C10H14BrN3O2S. The molecule has 1 aromatic rings. The summed E-state index contributed by atoms with van der Waals surface area (Å²) in [5.41, 5.74) is 0.576. The molecule has 0 aromatic heterocycles. The molecule has 0 amide bonds. The molecule has 0 saturated carbocycles. The summed E-state index contributed by atoms with van der Waals surface area (Å²) < 4.78 is 29.0. The fourth-order valence-electron chi connectivity index (χ4n) is 1.62. The maximum absolute atomic E-state index is 12.0. The molecule has 0 atom stereocenters. The van der Waals surface area contributed by atoms with Crippen LogP contribution < -0.4 is 10.0 Å². The number of rotatable bonds is 3. The summed E-state index contributed by atoms with van der Waals surface area (Å²) in [4.78, 5) is 0. The van der Waals surface area contributed by atoms with Crippen LogP contribution in [0.15, 0.2) is 28.7 Å². The molecule has 0 bridgehead atoms. The van der Waals surface area contributed by atoms with E-state index in [2.05, 4.69) is 26.0 Å². The third-order valence-corrected chi connectivity index (χ3v) is 4.57. The van der Waals surface area contributed by atoms with Gasteiger partial charge in [0.05, 0.1) is 0 Å². The van der Waals surface area contributed by atoms with Crippen molar-refractivity contribution >= 4 is 31.8 Å². The zero-order chi connectivity index (χ0) is 12.3. The van der Waals surface area contributed by atoms with Crippen molar-refractivity contribution in [3.05, 3.63) is 28.7 Å². The van der Waals surface area contributed by atoms with Gasteiger partial charge in [0.25, 0.3) is 0 Å². The van der Waals surface area contributed by atoms with Gasteiger partial charge in [0.2, 0.25) is 0 Å². The van der Waals surface area contributed by atoms with Gasteiger partial charge in [-0.2, -0.15) is 12.7 Å². The highest BCUT2D eigenvalue weighted by atomic mass is 79.9. The molecule has 5 nitrogen and oxygen atoms in total. The summed E-state index contributed by atoms with van der Waals surface area (Å²) in [6.45, 7) is 2.40. The van der Waals surface area contributed by atoms with E-state index in [0.29, 0.717) is 31.9 Å². The van der Waals surface area contributed by atoms with Gasteiger partial charge >= 0.3 is 10.2 Å². The van der Waals surface area contributed by atoms with Gasteiger partial charge < -0.3 is 5.32 Å². The highest BCUT2D eigenvalue weighted by molar-refractivity contribution is 9.10. The van der Waals surface area contributed by atoms with Crippen molar-refractivity contribution in [3.63, 3.8) is 0 Å². The number of hydrogen-bond acceptors (Lipinski definition) is 3. The molecule has 0 spiro atoms. The largest absolute Gasteiger partial charge is 0.314 e. The Morgan fingerprint density at radius 3 is 2.35 bits per heavy atom. The van der Waals surface area contributed by atoms with Crippen LogP contribution in [0.25, 0.3) is 0 Å². The predicted molar refractivity (Wildman–Crippen MR) is 71.1 cm³/mol. The smallest absolute Gasteiger partial charge is 0.301 e. The first-order valence-corrected chi connectivity index (χ1v) is 7.55. The summed E-state index contributed by atoms with van der Waals surface area (Å²) in [7, 11) is -3.42. The highest BCUT2D eigenvalue weighted by Gasteiger charge is 2.23. The second-order valence-corrected chi connectivity index (χ2v) is 6.35. The molecular weight excluding hydrogens is 306 g/mol. The molecule has 1 fully saturated rings. The van der Waals surface area contributed by atoms with E-state index in [1.165, 1.54) is 4.31 Å². The number of halogens is 1. The Balaban J connectivity index is 2.08. The van der Waals surface area contributed by atoms with Gasteiger partial charge in [0.1, 0.15) is 0 Å². The third kappa shape index (κ3) is 3.41. The van der Waals surface area contributed by atoms with Crippen LogP contribution in [0.4, 0.5) is 5.69 Å². The van der Waals surface area contributed by atoms with Gasteiger partial charge in [-0.1, -0.05) is 15.9 Å². The van der Waals surface area contributed by atoms with Crippen LogP contribution in [-0.4, -0.2) is 38.9 Å². The fourth-order valence-corrected chi connectivity index (χ4v) is 3.11. The number of piperazine rings is 1. The minimum Gasteiger partial charge on any atom is -0.314 e. The van der Waals surface area contributed by atoms with E-state index in [4.69, 9.17) is 0 Å². The predicted octanol–water partition coefficient (Wildman–Crippen LogP) is 1.01. The SMILES string of the molecule is O=S(=O)(Nc1ccc(Br)cc1)N1CCNCC1. The quantitative estimate of drug-likeness (QED) is 0.874. The molecule has 0 unspecified atom stereocenters. The molecule has 1 aromatic carbocycles. The summed E-state index contributed by atoms with van der Waals surface area (Å²) in [6.07, 6.45) is 0. The molecule has 1 saturated heterocycles. The van der Waals surface area contributed by atoms with Crippen LogP contribution in [-0.2, 0) is 10.2 Å². The Morgan fingerprint density at radius 1 is 1.18 bits per heavy atom. The second-order valence-electron chi connectivity index (χ2n) is 3.76. The van der Waals surface area contributed by atoms with Crippen molar-refractivity contribution in [2.45, 2.75) is 0 Å². The average molecular weight is 320 g/mol. The Labute approximate surface area is 110 Å². The van der Waals surface area contributed by atoms with E-state index < -0.39 is 10.2 Å². The van der Waals surface area contributed by atoms with Crippen LogP contribution in [0, 0.1) is 0 Å². The second kappa shape index (κ2) is 5.34. The van der Waals surface area contributed by atoms with Gasteiger partial charge in [-0.3, -0.25) is 4.72 Å². The molecule has 1 aliphatic rings. The zero-order valence-corrected chi connectivity index (χ0v) is 11.6. The molecule has 94 valence electrons. The lowest BCUT2D eigenvalue weighted by Gasteiger charge is -2.26. The van der Waals surface area contributed by atoms with Gasteiger partial charge in [-0.25, -0.2) is 0 Å². The Bertz CT molecular complexity index is 469. The maximum atomic E-state index is 12.0. The molecule has 0 radical (unpaired) electrons. The van der Waals surface area contributed by atoms with E-state index in [1.54, 1.807) is 24.3 Å². The van der Waals surface area contributed by atoms with Crippen molar-refractivity contribution in [2.75, 3.05) is 30.9 Å². The van der Waals surface area contributed by atoms with Crippen molar-refractivity contribution in [3.8, 4) is 0 Å². The average Bonchev–Trinajstić information content (AvgIpc) is 2.33. The number of nitrogens with zero attached hydrogens (tertiary/aromatic N) is 1. The molecule has 2 N–H and O–H groups in total. The fraction of sp³-hybridized carbons (Fsp3) is 0.400. The lowest BCUT2D eigenvalue weighted by Crippen LogP contribution is -2.48. The monoisotopic (exact) mass is 319 g/mol. The van der Waals surface area contributed by atoms with Gasteiger partial charge in [-0.15, -0.1) is 0 Å². The van der Waals surface area contributed by atoms with Crippen molar-refractivity contribution < 1.29 is 8.42 Å². The number of hydrogen-bond donors (Lipinski definition) is 2. The molecule has 0 aliphatic carbocycles. The van der Waals surface area contributed by atoms with E-state index in [1.807, 2.05) is 0 Å². The molecule has 1 aliphatic heterocycles. The number of benzene rings is 1. The highest BCUT2D eigenvalue weighted by Crippen LogP contribution is 2.16. The van der Waals surface area contributed by atoms with Crippen LogP contribution >= 0.6 is 15.9 Å². The molecule has 7 heteroatoms. The first-order chi connectivity index (χ1) is 8.08. The molecule has 2 rings (SSSR count). The Kier molecular flexibility index (Phi) is 4.03. The van der Waals surface area contributed by atoms with E-state index in [9.17, 15) is 8.42 Å². The van der Waals surface area contributed by atoms with Gasteiger partial charge in [-0.05, 0) is 24.3 Å². The van der Waals surface area contributed by atoms with Crippen LogP contribution in [0.1, 0.15) is 0 Å². The molecule has 1 heterocycles. The van der Waals surface area contributed by atoms with Crippen LogP contribution in [0.5, 0.6) is 0 Å². The standard InChI is InChI=1S/C10H14BrN3O2S/c11-9-1-3-10(4-2-9)13-17(15,16)14-7-5-12-6-8-14/h1-4,12-13H,5-8H2. The number of nitrogens with one attached hydrogen (secondary N) is 2. The minimum atomic E-state index is -3.42. The normalized spacial score (nSPS) is 17.9. The number of anilines is 1. The van der Waals surface area contributed by atoms with Gasteiger partial charge in [0, 0.05) is 36.3 Å². The molecule has 17 heavy (non-hydrogen) atoms. The van der Waals surface area contributed by atoms with Gasteiger partial charge in [0.15, 0.2) is 0 Å². The van der Waals surface area contributed by atoms with E-state index in [0.717, 1.165) is 4.47 Å².